The highest BCUT2D eigenvalue weighted by atomic mass is 35.5. The smallest absolute Gasteiger partial charge is 0.141 e. The van der Waals surface area contributed by atoms with Gasteiger partial charge in [-0.05, 0) is 30.2 Å². The number of hydrogen-bond acceptors (Lipinski definition) is 0. The largest absolute Gasteiger partial charge is 0.205 e. The number of benzene rings is 2. The molecule has 0 heterocycles. The van der Waals surface area contributed by atoms with E-state index in [1.54, 1.807) is 12.1 Å². The molecule has 0 amide bonds. The van der Waals surface area contributed by atoms with Gasteiger partial charge in [-0.2, -0.15) is 0 Å². The van der Waals surface area contributed by atoms with Crippen LogP contribution in [0.3, 0.4) is 0 Å². The monoisotopic (exact) mass is 220 g/mol. The summed E-state index contributed by atoms with van der Waals surface area (Å²) in [5.41, 5.74) is 3.16. The van der Waals surface area contributed by atoms with E-state index in [1.807, 2.05) is 31.2 Å². The highest BCUT2D eigenvalue weighted by Gasteiger charge is 2.02. The van der Waals surface area contributed by atoms with Crippen LogP contribution in [0.25, 0.3) is 11.1 Å². The van der Waals surface area contributed by atoms with Gasteiger partial charge in [0.15, 0.2) is 0 Å². The first-order valence-corrected chi connectivity index (χ1v) is 5.07. The molecular weight excluding hydrogens is 211 g/mol. The molecule has 0 nitrogen and oxygen atoms in total. The van der Waals surface area contributed by atoms with Crippen molar-refractivity contribution in [1.82, 2.24) is 0 Å². The minimum Gasteiger partial charge on any atom is -0.205 e. The van der Waals surface area contributed by atoms with Crippen molar-refractivity contribution < 1.29 is 4.39 Å². The van der Waals surface area contributed by atoms with Crippen molar-refractivity contribution in [2.24, 2.45) is 0 Å². The summed E-state index contributed by atoms with van der Waals surface area (Å²) in [6.45, 7) is 2.02. The van der Waals surface area contributed by atoms with Crippen LogP contribution in [-0.4, -0.2) is 0 Å². The van der Waals surface area contributed by atoms with E-state index in [0.717, 1.165) is 11.1 Å². The van der Waals surface area contributed by atoms with Crippen LogP contribution in [0.2, 0.25) is 5.02 Å². The maximum atomic E-state index is 13.0. The summed E-state index contributed by atoms with van der Waals surface area (Å²) in [4.78, 5) is 0. The Bertz CT molecular complexity index is 492. The minimum atomic E-state index is -0.381. The van der Waals surface area contributed by atoms with E-state index < -0.39 is 0 Å². The third-order valence-electron chi connectivity index (χ3n) is 2.27. The Morgan fingerprint density at radius 1 is 1.00 bits per heavy atom. The molecular formula is C13H10ClF. The molecule has 2 aromatic carbocycles. The molecule has 0 fully saturated rings. The lowest BCUT2D eigenvalue weighted by Gasteiger charge is -2.03. The van der Waals surface area contributed by atoms with E-state index in [4.69, 9.17) is 11.6 Å². The van der Waals surface area contributed by atoms with Gasteiger partial charge in [-0.3, -0.25) is 0 Å². The third-order valence-corrected chi connectivity index (χ3v) is 2.56. The Labute approximate surface area is 93.3 Å². The second-order valence-corrected chi connectivity index (χ2v) is 3.91. The Morgan fingerprint density at radius 2 is 1.73 bits per heavy atom. The summed E-state index contributed by atoms with van der Waals surface area (Å²) >= 11 is 5.73. The van der Waals surface area contributed by atoms with Gasteiger partial charge in [-0.1, -0.05) is 47.5 Å². The summed E-state index contributed by atoms with van der Waals surface area (Å²) in [7, 11) is 0. The normalized spacial score (nSPS) is 10.3. The van der Waals surface area contributed by atoms with Crippen LogP contribution in [0.4, 0.5) is 4.39 Å². The van der Waals surface area contributed by atoms with E-state index in [-0.39, 0.29) is 10.8 Å². The summed E-state index contributed by atoms with van der Waals surface area (Å²) in [5.74, 6) is -0.381. The molecule has 0 unspecified atom stereocenters. The molecule has 0 aliphatic heterocycles. The maximum Gasteiger partial charge on any atom is 0.141 e. The minimum absolute atomic E-state index is 0.161. The van der Waals surface area contributed by atoms with Crippen molar-refractivity contribution in [1.29, 1.82) is 0 Å². The molecule has 0 saturated carbocycles. The van der Waals surface area contributed by atoms with Crippen molar-refractivity contribution in [2.45, 2.75) is 6.92 Å². The van der Waals surface area contributed by atoms with Gasteiger partial charge in [-0.15, -0.1) is 0 Å². The maximum absolute atomic E-state index is 13.0. The van der Waals surface area contributed by atoms with Crippen molar-refractivity contribution in [2.75, 3.05) is 0 Å². The molecule has 0 aliphatic carbocycles. The van der Waals surface area contributed by atoms with E-state index in [9.17, 15) is 4.39 Å². The first-order valence-electron chi connectivity index (χ1n) is 4.69. The first kappa shape index (κ1) is 10.2. The zero-order valence-electron chi connectivity index (χ0n) is 8.30. The molecule has 2 heteroatoms. The van der Waals surface area contributed by atoms with Gasteiger partial charge in [0.25, 0.3) is 0 Å². The average Bonchev–Trinajstić information content (AvgIpc) is 2.22. The predicted molar refractivity (Wildman–Crippen MR) is 61.6 cm³/mol. The van der Waals surface area contributed by atoms with Crippen molar-refractivity contribution in [3.63, 3.8) is 0 Å². The Balaban J connectivity index is 2.50. The quantitative estimate of drug-likeness (QED) is 0.666. The summed E-state index contributed by atoms with van der Waals surface area (Å²) in [6, 6.07) is 12.8. The molecule has 0 saturated heterocycles. The summed E-state index contributed by atoms with van der Waals surface area (Å²) in [5, 5.41) is 0.161. The van der Waals surface area contributed by atoms with Crippen molar-refractivity contribution in [3.8, 4) is 11.1 Å². The van der Waals surface area contributed by atoms with Crippen LogP contribution in [0, 0.1) is 12.7 Å². The molecule has 2 aromatic rings. The Hall–Kier alpha value is -1.34. The first-order chi connectivity index (χ1) is 7.16. The zero-order chi connectivity index (χ0) is 10.8. The molecule has 0 spiro atoms. The van der Waals surface area contributed by atoms with Crippen LogP contribution in [0.5, 0.6) is 0 Å². The molecule has 2 rings (SSSR count). The van der Waals surface area contributed by atoms with Crippen LogP contribution in [0.1, 0.15) is 5.56 Å². The van der Waals surface area contributed by atoms with Gasteiger partial charge in [0, 0.05) is 0 Å². The molecule has 0 N–H and O–H groups in total. The van der Waals surface area contributed by atoms with Crippen LogP contribution < -0.4 is 0 Å². The van der Waals surface area contributed by atoms with E-state index >= 15 is 0 Å². The standard InChI is InChI=1S/C13H10ClF/c1-9-3-2-4-10(7-9)11-5-6-13(15)12(14)8-11/h2-8H,1H3. The zero-order valence-corrected chi connectivity index (χ0v) is 9.05. The fraction of sp³-hybridized carbons (Fsp3) is 0.0769. The number of halogens is 2. The summed E-state index contributed by atoms with van der Waals surface area (Å²) in [6.07, 6.45) is 0. The van der Waals surface area contributed by atoms with Crippen LogP contribution in [-0.2, 0) is 0 Å². The second-order valence-electron chi connectivity index (χ2n) is 3.50. The second kappa shape index (κ2) is 4.03. The van der Waals surface area contributed by atoms with Crippen molar-refractivity contribution >= 4 is 11.6 Å². The SMILES string of the molecule is Cc1cccc(-c2ccc(F)c(Cl)c2)c1. The number of aryl methyl sites for hydroxylation is 1. The van der Waals surface area contributed by atoms with Gasteiger partial charge in [0.2, 0.25) is 0 Å². The molecule has 0 atom stereocenters. The highest BCUT2D eigenvalue weighted by Crippen LogP contribution is 2.25. The van der Waals surface area contributed by atoms with Gasteiger partial charge in [0.1, 0.15) is 5.82 Å². The number of rotatable bonds is 1. The van der Waals surface area contributed by atoms with E-state index in [1.165, 1.54) is 11.6 Å². The average molecular weight is 221 g/mol. The fourth-order valence-electron chi connectivity index (χ4n) is 1.50. The van der Waals surface area contributed by atoms with Gasteiger partial charge in [0.05, 0.1) is 5.02 Å². The molecule has 15 heavy (non-hydrogen) atoms. The van der Waals surface area contributed by atoms with Crippen molar-refractivity contribution in [3.05, 3.63) is 58.9 Å². The molecule has 0 bridgehead atoms. The fourth-order valence-corrected chi connectivity index (χ4v) is 1.68. The molecule has 76 valence electrons. The topological polar surface area (TPSA) is 0 Å². The third kappa shape index (κ3) is 2.18. The van der Waals surface area contributed by atoms with Crippen LogP contribution in [0.15, 0.2) is 42.5 Å². The lowest BCUT2D eigenvalue weighted by molar-refractivity contribution is 0.628. The lowest BCUT2D eigenvalue weighted by Crippen LogP contribution is -1.82. The highest BCUT2D eigenvalue weighted by molar-refractivity contribution is 6.31. The van der Waals surface area contributed by atoms with Gasteiger partial charge >= 0.3 is 0 Å². The molecule has 0 aliphatic rings. The van der Waals surface area contributed by atoms with Crippen LogP contribution >= 0.6 is 11.6 Å². The molecule has 0 aromatic heterocycles. The summed E-state index contributed by atoms with van der Waals surface area (Å²) < 4.78 is 13.0. The van der Waals surface area contributed by atoms with Gasteiger partial charge in [-0.25, -0.2) is 4.39 Å². The van der Waals surface area contributed by atoms with E-state index in [0.29, 0.717) is 0 Å². The Kier molecular flexibility index (Phi) is 2.74. The number of hydrogen-bond donors (Lipinski definition) is 0. The van der Waals surface area contributed by atoms with Gasteiger partial charge < -0.3 is 0 Å². The predicted octanol–water partition coefficient (Wildman–Crippen LogP) is 4.45. The Morgan fingerprint density at radius 3 is 2.40 bits per heavy atom. The molecule has 0 radical (unpaired) electrons. The van der Waals surface area contributed by atoms with E-state index in [2.05, 4.69) is 0 Å². The lowest BCUT2D eigenvalue weighted by atomic mass is 10.0.